The number of ether oxygens (including phenoxy) is 1. The molecule has 0 saturated heterocycles. The van der Waals surface area contributed by atoms with Crippen molar-refractivity contribution in [1.82, 2.24) is 0 Å². The second-order valence-corrected chi connectivity index (χ2v) is 2.95. The molecule has 0 amide bonds. The number of hydrogen-bond acceptors (Lipinski definition) is 4. The van der Waals surface area contributed by atoms with Gasteiger partial charge in [-0.3, -0.25) is 4.79 Å². The van der Waals surface area contributed by atoms with Crippen molar-refractivity contribution in [2.45, 2.75) is 6.42 Å². The number of benzene rings is 1. The zero-order chi connectivity index (χ0) is 11.3. The van der Waals surface area contributed by atoms with E-state index in [0.717, 1.165) is 0 Å². The molecule has 5 heteroatoms. The predicted molar refractivity (Wildman–Crippen MR) is 55.4 cm³/mol. The summed E-state index contributed by atoms with van der Waals surface area (Å²) in [6, 6.07) is 4.78. The summed E-state index contributed by atoms with van der Waals surface area (Å²) in [5, 5.41) is 20.7. The van der Waals surface area contributed by atoms with Crippen molar-refractivity contribution in [2.75, 3.05) is 19.0 Å². The Kier molecular flexibility index (Phi) is 3.79. The summed E-state index contributed by atoms with van der Waals surface area (Å²) in [6.07, 6.45) is 0.00543. The lowest BCUT2D eigenvalue weighted by Gasteiger charge is -2.08. The summed E-state index contributed by atoms with van der Waals surface area (Å²) in [4.78, 5) is 10.3. The zero-order valence-electron chi connectivity index (χ0n) is 8.36. The van der Waals surface area contributed by atoms with Gasteiger partial charge in [-0.25, -0.2) is 0 Å². The molecule has 1 rings (SSSR count). The summed E-state index contributed by atoms with van der Waals surface area (Å²) in [5.74, 6) is -0.286. The first-order valence-corrected chi connectivity index (χ1v) is 4.46. The van der Waals surface area contributed by atoms with Crippen LogP contribution in [0.2, 0.25) is 0 Å². The number of methoxy groups -OCH3 is 1. The van der Waals surface area contributed by atoms with E-state index in [-0.39, 0.29) is 18.7 Å². The molecule has 3 N–H and O–H groups in total. The van der Waals surface area contributed by atoms with Crippen molar-refractivity contribution >= 4 is 11.7 Å². The molecule has 82 valence electrons. The van der Waals surface area contributed by atoms with Gasteiger partial charge in [0.1, 0.15) is 11.5 Å². The summed E-state index contributed by atoms with van der Waals surface area (Å²) >= 11 is 0. The van der Waals surface area contributed by atoms with Crippen LogP contribution >= 0.6 is 0 Å². The van der Waals surface area contributed by atoms with Gasteiger partial charge >= 0.3 is 5.97 Å². The third kappa shape index (κ3) is 3.38. The van der Waals surface area contributed by atoms with Crippen LogP contribution in [0.1, 0.15) is 6.42 Å². The lowest BCUT2D eigenvalue weighted by Crippen LogP contribution is -2.07. The molecule has 0 aliphatic rings. The second-order valence-electron chi connectivity index (χ2n) is 2.95. The molecule has 0 spiro atoms. The van der Waals surface area contributed by atoms with Gasteiger partial charge in [-0.2, -0.15) is 0 Å². The summed E-state index contributed by atoms with van der Waals surface area (Å²) < 4.78 is 4.91. The van der Waals surface area contributed by atoms with Crippen molar-refractivity contribution in [3.8, 4) is 11.5 Å². The molecule has 15 heavy (non-hydrogen) atoms. The topological polar surface area (TPSA) is 78.8 Å². The van der Waals surface area contributed by atoms with Crippen molar-refractivity contribution in [1.29, 1.82) is 0 Å². The Bertz CT molecular complexity index is 351. The predicted octanol–water partition coefficient (Wildman–Crippen LogP) is 1.29. The van der Waals surface area contributed by atoms with Crippen LogP contribution < -0.4 is 10.1 Å². The molecule has 0 aliphatic heterocycles. The van der Waals surface area contributed by atoms with Crippen molar-refractivity contribution in [3.63, 3.8) is 0 Å². The largest absolute Gasteiger partial charge is 0.506 e. The maximum atomic E-state index is 10.3. The lowest BCUT2D eigenvalue weighted by atomic mass is 10.2. The average Bonchev–Trinajstić information content (AvgIpc) is 2.20. The normalized spacial score (nSPS) is 9.67. The van der Waals surface area contributed by atoms with Crippen molar-refractivity contribution in [2.24, 2.45) is 0 Å². The number of phenolic OH excluding ortho intramolecular Hbond substituents is 1. The maximum absolute atomic E-state index is 10.3. The average molecular weight is 211 g/mol. The van der Waals surface area contributed by atoms with Crippen LogP contribution in [0.4, 0.5) is 5.69 Å². The van der Waals surface area contributed by atoms with E-state index in [1.807, 2.05) is 0 Å². The van der Waals surface area contributed by atoms with Gasteiger partial charge in [-0.15, -0.1) is 0 Å². The zero-order valence-corrected chi connectivity index (χ0v) is 8.36. The molecule has 5 nitrogen and oxygen atoms in total. The van der Waals surface area contributed by atoms with E-state index in [1.165, 1.54) is 13.2 Å². The SMILES string of the molecule is COc1ccc(NCCC(=O)O)c(O)c1. The Morgan fingerprint density at radius 2 is 2.27 bits per heavy atom. The van der Waals surface area contributed by atoms with Gasteiger partial charge in [0, 0.05) is 12.6 Å². The fraction of sp³-hybridized carbons (Fsp3) is 0.300. The molecule has 0 aliphatic carbocycles. The summed E-state index contributed by atoms with van der Waals surface area (Å²) in [5.41, 5.74) is 0.497. The Hall–Kier alpha value is -1.91. The minimum atomic E-state index is -0.879. The summed E-state index contributed by atoms with van der Waals surface area (Å²) in [7, 11) is 1.51. The van der Waals surface area contributed by atoms with E-state index in [0.29, 0.717) is 11.4 Å². The van der Waals surface area contributed by atoms with Gasteiger partial charge in [-0.1, -0.05) is 0 Å². The molecule has 0 heterocycles. The molecular weight excluding hydrogens is 198 g/mol. The number of carbonyl (C=O) groups is 1. The Morgan fingerprint density at radius 1 is 1.53 bits per heavy atom. The third-order valence-corrected chi connectivity index (χ3v) is 1.86. The molecule has 0 radical (unpaired) electrons. The fourth-order valence-corrected chi connectivity index (χ4v) is 1.09. The standard InChI is InChI=1S/C10H13NO4/c1-15-7-2-3-8(9(12)6-7)11-5-4-10(13)14/h2-3,6,11-12H,4-5H2,1H3,(H,13,14). The van der Waals surface area contributed by atoms with Crippen LogP contribution in [0, 0.1) is 0 Å². The minimum Gasteiger partial charge on any atom is -0.506 e. The van der Waals surface area contributed by atoms with Gasteiger partial charge in [0.15, 0.2) is 0 Å². The van der Waals surface area contributed by atoms with Crippen LogP contribution in [0.25, 0.3) is 0 Å². The summed E-state index contributed by atoms with van der Waals surface area (Å²) in [6.45, 7) is 0.273. The van der Waals surface area contributed by atoms with E-state index in [1.54, 1.807) is 12.1 Å². The van der Waals surface area contributed by atoms with E-state index in [9.17, 15) is 9.90 Å². The molecule has 0 bridgehead atoms. The van der Waals surface area contributed by atoms with Crippen molar-refractivity contribution < 1.29 is 19.7 Å². The Labute approximate surface area is 87.3 Å². The van der Waals surface area contributed by atoms with Crippen LogP contribution in [-0.2, 0) is 4.79 Å². The first-order valence-electron chi connectivity index (χ1n) is 4.46. The maximum Gasteiger partial charge on any atom is 0.305 e. The number of carboxylic acids is 1. The minimum absolute atomic E-state index is 0.00543. The van der Waals surface area contributed by atoms with Crippen LogP contribution in [0.15, 0.2) is 18.2 Å². The van der Waals surface area contributed by atoms with Crippen LogP contribution in [0.5, 0.6) is 11.5 Å². The first kappa shape index (κ1) is 11.2. The first-order chi connectivity index (χ1) is 7.13. The van der Waals surface area contributed by atoms with Crippen molar-refractivity contribution in [3.05, 3.63) is 18.2 Å². The monoisotopic (exact) mass is 211 g/mol. The van der Waals surface area contributed by atoms with E-state index in [4.69, 9.17) is 9.84 Å². The highest BCUT2D eigenvalue weighted by atomic mass is 16.5. The van der Waals surface area contributed by atoms with E-state index < -0.39 is 5.97 Å². The van der Waals surface area contributed by atoms with Crippen LogP contribution in [-0.4, -0.2) is 29.8 Å². The Balaban J connectivity index is 2.58. The highest BCUT2D eigenvalue weighted by Gasteiger charge is 2.03. The molecule has 1 aromatic carbocycles. The molecule has 0 unspecified atom stereocenters. The van der Waals surface area contributed by atoms with Gasteiger partial charge in [-0.05, 0) is 12.1 Å². The molecule has 1 aromatic rings. The number of aromatic hydroxyl groups is 1. The number of nitrogens with one attached hydrogen (secondary N) is 1. The molecule has 0 aromatic heterocycles. The highest BCUT2D eigenvalue weighted by molar-refractivity contribution is 5.68. The van der Waals surface area contributed by atoms with Gasteiger partial charge < -0.3 is 20.3 Å². The third-order valence-electron chi connectivity index (χ3n) is 1.86. The quantitative estimate of drug-likeness (QED) is 0.639. The molecule has 0 fully saturated rings. The Morgan fingerprint density at radius 3 is 2.80 bits per heavy atom. The second kappa shape index (κ2) is 5.09. The lowest BCUT2D eigenvalue weighted by molar-refractivity contribution is -0.136. The smallest absolute Gasteiger partial charge is 0.305 e. The fourth-order valence-electron chi connectivity index (χ4n) is 1.09. The van der Waals surface area contributed by atoms with Gasteiger partial charge in [0.05, 0.1) is 19.2 Å². The molecular formula is C10H13NO4. The van der Waals surface area contributed by atoms with Gasteiger partial charge in [0.2, 0.25) is 0 Å². The molecule has 0 saturated carbocycles. The number of aliphatic carboxylic acids is 1. The van der Waals surface area contributed by atoms with Gasteiger partial charge in [0.25, 0.3) is 0 Å². The highest BCUT2D eigenvalue weighted by Crippen LogP contribution is 2.27. The number of carboxylic acid groups (broad SMARTS) is 1. The van der Waals surface area contributed by atoms with E-state index in [2.05, 4.69) is 5.32 Å². The number of hydrogen-bond donors (Lipinski definition) is 3. The molecule has 0 atom stereocenters. The number of anilines is 1. The number of phenols is 1. The number of rotatable bonds is 5. The van der Waals surface area contributed by atoms with Crippen LogP contribution in [0.3, 0.4) is 0 Å². The van der Waals surface area contributed by atoms with E-state index >= 15 is 0 Å².